The minimum Gasteiger partial charge on any atom is -0.480 e. The lowest BCUT2D eigenvalue weighted by atomic mass is 10.2. The van der Waals surface area contributed by atoms with Crippen LogP contribution in [0.4, 0.5) is 0 Å². The Hall–Kier alpha value is -0.810. The molecule has 0 spiro atoms. The number of hydrogen-bond donors (Lipinski definition) is 1. The Kier molecular flexibility index (Phi) is 4.23. The number of carboxylic acids is 1. The van der Waals surface area contributed by atoms with Gasteiger partial charge in [0, 0.05) is 6.04 Å². The summed E-state index contributed by atoms with van der Waals surface area (Å²) >= 11 is 3.40. The Bertz CT molecular complexity index is 385. The average molecular weight is 302 g/mol. The summed E-state index contributed by atoms with van der Waals surface area (Å²) in [6, 6.07) is 2.21. The molecular weight excluding hydrogens is 286 g/mol. The molecule has 1 aromatic rings. The molecule has 0 atom stereocenters. The first-order chi connectivity index (χ1) is 8.16. The van der Waals surface area contributed by atoms with Crippen molar-refractivity contribution in [2.75, 3.05) is 6.54 Å². The van der Waals surface area contributed by atoms with Gasteiger partial charge in [0.2, 0.25) is 0 Å². The molecule has 0 bridgehead atoms. The standard InChI is InChI=1S/C12H16BrNO3/c13-10-5-6-17-11(10)7-14(8-12(15)16)9-3-1-2-4-9/h5-6,9H,1-4,7-8H2,(H,15,16). The fourth-order valence-electron chi connectivity index (χ4n) is 2.38. The summed E-state index contributed by atoms with van der Waals surface area (Å²) in [5, 5.41) is 8.96. The molecule has 0 amide bonds. The van der Waals surface area contributed by atoms with Crippen LogP contribution in [0.25, 0.3) is 0 Å². The first-order valence-corrected chi connectivity index (χ1v) is 6.64. The van der Waals surface area contributed by atoms with Crippen LogP contribution in [0.1, 0.15) is 31.4 Å². The van der Waals surface area contributed by atoms with Crippen LogP contribution in [0, 0.1) is 0 Å². The number of carboxylic acid groups (broad SMARTS) is 1. The number of furan rings is 1. The summed E-state index contributed by atoms with van der Waals surface area (Å²) < 4.78 is 6.26. The van der Waals surface area contributed by atoms with Crippen LogP contribution in [0.2, 0.25) is 0 Å². The average Bonchev–Trinajstić information content (AvgIpc) is 2.89. The first-order valence-electron chi connectivity index (χ1n) is 5.84. The number of aliphatic carboxylic acids is 1. The highest BCUT2D eigenvalue weighted by molar-refractivity contribution is 9.10. The summed E-state index contributed by atoms with van der Waals surface area (Å²) in [6.07, 6.45) is 6.18. The second kappa shape index (κ2) is 5.69. The van der Waals surface area contributed by atoms with E-state index in [9.17, 15) is 4.79 Å². The smallest absolute Gasteiger partial charge is 0.317 e. The summed E-state index contributed by atoms with van der Waals surface area (Å²) in [5.41, 5.74) is 0. The number of rotatable bonds is 5. The van der Waals surface area contributed by atoms with Crippen molar-refractivity contribution >= 4 is 21.9 Å². The van der Waals surface area contributed by atoms with Crippen molar-refractivity contribution in [1.29, 1.82) is 0 Å². The van der Waals surface area contributed by atoms with Crippen LogP contribution >= 0.6 is 15.9 Å². The number of halogens is 1. The van der Waals surface area contributed by atoms with Gasteiger partial charge in [-0.3, -0.25) is 9.69 Å². The molecular formula is C12H16BrNO3. The molecule has 0 unspecified atom stereocenters. The van der Waals surface area contributed by atoms with Gasteiger partial charge in [-0.1, -0.05) is 12.8 Å². The van der Waals surface area contributed by atoms with E-state index in [4.69, 9.17) is 9.52 Å². The van der Waals surface area contributed by atoms with Gasteiger partial charge in [0.05, 0.1) is 23.8 Å². The van der Waals surface area contributed by atoms with Crippen molar-refractivity contribution in [3.05, 3.63) is 22.6 Å². The molecule has 1 saturated carbocycles. The third-order valence-corrected chi connectivity index (χ3v) is 3.92. The minimum atomic E-state index is -0.778. The zero-order chi connectivity index (χ0) is 12.3. The van der Waals surface area contributed by atoms with Crippen molar-refractivity contribution in [2.45, 2.75) is 38.3 Å². The predicted octanol–water partition coefficient (Wildman–Crippen LogP) is 2.87. The molecule has 0 aromatic carbocycles. The van der Waals surface area contributed by atoms with E-state index >= 15 is 0 Å². The monoisotopic (exact) mass is 301 g/mol. The molecule has 0 saturated heterocycles. The topological polar surface area (TPSA) is 53.7 Å². The Labute approximate surface area is 109 Å². The van der Waals surface area contributed by atoms with Gasteiger partial charge in [0.15, 0.2) is 0 Å². The van der Waals surface area contributed by atoms with E-state index < -0.39 is 5.97 Å². The molecule has 1 aromatic heterocycles. The molecule has 5 heteroatoms. The third-order valence-electron chi connectivity index (χ3n) is 3.22. The first kappa shape index (κ1) is 12.6. The molecule has 94 valence electrons. The highest BCUT2D eigenvalue weighted by Crippen LogP contribution is 2.27. The number of hydrogen-bond acceptors (Lipinski definition) is 3. The maximum absolute atomic E-state index is 10.9. The maximum atomic E-state index is 10.9. The van der Waals surface area contributed by atoms with Gasteiger partial charge >= 0.3 is 5.97 Å². The van der Waals surface area contributed by atoms with Gasteiger partial charge in [-0.2, -0.15) is 0 Å². The lowest BCUT2D eigenvalue weighted by molar-refractivity contribution is -0.139. The second-order valence-electron chi connectivity index (χ2n) is 4.43. The second-order valence-corrected chi connectivity index (χ2v) is 5.28. The van der Waals surface area contributed by atoms with E-state index in [1.807, 2.05) is 11.0 Å². The van der Waals surface area contributed by atoms with Crippen LogP contribution in [-0.2, 0) is 11.3 Å². The highest BCUT2D eigenvalue weighted by Gasteiger charge is 2.25. The Morgan fingerprint density at radius 3 is 2.76 bits per heavy atom. The van der Waals surface area contributed by atoms with Crippen LogP contribution < -0.4 is 0 Å². The van der Waals surface area contributed by atoms with E-state index in [1.54, 1.807) is 6.26 Å². The maximum Gasteiger partial charge on any atom is 0.317 e. The molecule has 4 nitrogen and oxygen atoms in total. The molecule has 1 aliphatic rings. The van der Waals surface area contributed by atoms with Crippen LogP contribution in [0.5, 0.6) is 0 Å². The van der Waals surface area contributed by atoms with E-state index in [0.717, 1.165) is 23.1 Å². The van der Waals surface area contributed by atoms with Gasteiger partial charge in [-0.15, -0.1) is 0 Å². The summed E-state index contributed by atoms with van der Waals surface area (Å²) in [5.74, 6) is 0.0257. The van der Waals surface area contributed by atoms with Crippen molar-refractivity contribution < 1.29 is 14.3 Å². The summed E-state index contributed by atoms with van der Waals surface area (Å²) in [7, 11) is 0. The molecule has 1 aliphatic carbocycles. The van der Waals surface area contributed by atoms with Crippen molar-refractivity contribution in [3.8, 4) is 0 Å². The Morgan fingerprint density at radius 1 is 1.53 bits per heavy atom. The fraction of sp³-hybridized carbons (Fsp3) is 0.583. The van der Waals surface area contributed by atoms with Gasteiger partial charge in [0.1, 0.15) is 5.76 Å². The normalized spacial score (nSPS) is 16.8. The van der Waals surface area contributed by atoms with E-state index in [0.29, 0.717) is 12.6 Å². The van der Waals surface area contributed by atoms with Crippen molar-refractivity contribution in [1.82, 2.24) is 4.90 Å². The third kappa shape index (κ3) is 3.33. The lowest BCUT2D eigenvalue weighted by Gasteiger charge is -2.26. The molecule has 0 radical (unpaired) electrons. The molecule has 1 heterocycles. The van der Waals surface area contributed by atoms with Gasteiger partial charge < -0.3 is 9.52 Å². The quantitative estimate of drug-likeness (QED) is 0.908. The Balaban J connectivity index is 2.04. The largest absolute Gasteiger partial charge is 0.480 e. The van der Waals surface area contributed by atoms with Crippen molar-refractivity contribution in [3.63, 3.8) is 0 Å². The predicted molar refractivity (Wildman–Crippen MR) is 66.7 cm³/mol. The molecule has 0 aliphatic heterocycles. The van der Waals surface area contributed by atoms with Gasteiger partial charge in [-0.05, 0) is 34.8 Å². The summed E-state index contributed by atoms with van der Waals surface area (Å²) in [6.45, 7) is 0.641. The van der Waals surface area contributed by atoms with Gasteiger partial charge in [0.25, 0.3) is 0 Å². The van der Waals surface area contributed by atoms with Crippen LogP contribution in [0.3, 0.4) is 0 Å². The molecule has 17 heavy (non-hydrogen) atoms. The SMILES string of the molecule is O=C(O)CN(Cc1occc1Br)C1CCCC1. The zero-order valence-corrected chi connectivity index (χ0v) is 11.1. The lowest BCUT2D eigenvalue weighted by Crippen LogP contribution is -2.36. The minimum absolute atomic E-state index is 0.0812. The summed E-state index contributed by atoms with van der Waals surface area (Å²) in [4.78, 5) is 12.9. The Morgan fingerprint density at radius 2 is 2.24 bits per heavy atom. The highest BCUT2D eigenvalue weighted by atomic mass is 79.9. The van der Waals surface area contributed by atoms with Crippen LogP contribution in [0.15, 0.2) is 21.2 Å². The zero-order valence-electron chi connectivity index (χ0n) is 9.56. The molecule has 2 rings (SSSR count). The van der Waals surface area contributed by atoms with E-state index in [-0.39, 0.29) is 6.54 Å². The molecule has 1 fully saturated rings. The van der Waals surface area contributed by atoms with Gasteiger partial charge in [-0.25, -0.2) is 0 Å². The van der Waals surface area contributed by atoms with Crippen molar-refractivity contribution in [2.24, 2.45) is 0 Å². The number of nitrogens with zero attached hydrogens (tertiary/aromatic N) is 1. The fourth-order valence-corrected chi connectivity index (χ4v) is 2.71. The number of carbonyl (C=O) groups is 1. The van der Waals surface area contributed by atoms with Crippen LogP contribution in [-0.4, -0.2) is 28.6 Å². The van der Waals surface area contributed by atoms with E-state index in [1.165, 1.54) is 12.8 Å². The molecule has 1 N–H and O–H groups in total. The van der Waals surface area contributed by atoms with E-state index in [2.05, 4.69) is 15.9 Å².